The molecule has 0 radical (unpaired) electrons. The molecule has 1 aromatic carbocycles. The van der Waals surface area contributed by atoms with E-state index in [1.54, 1.807) is 12.3 Å². The van der Waals surface area contributed by atoms with Crippen molar-refractivity contribution in [3.05, 3.63) is 54.4 Å². The van der Waals surface area contributed by atoms with Gasteiger partial charge in [0.05, 0.1) is 13.2 Å². The van der Waals surface area contributed by atoms with Crippen molar-refractivity contribution in [3.8, 4) is 0 Å². The van der Waals surface area contributed by atoms with Crippen LogP contribution in [0.5, 0.6) is 0 Å². The van der Waals surface area contributed by atoms with Gasteiger partial charge < -0.3 is 10.1 Å². The third-order valence-electron chi connectivity index (χ3n) is 2.86. The van der Waals surface area contributed by atoms with E-state index in [4.69, 9.17) is 0 Å². The molecule has 0 aliphatic carbocycles. The highest BCUT2D eigenvalue weighted by Gasteiger charge is 2.06. The minimum atomic E-state index is -0.484. The van der Waals surface area contributed by atoms with Gasteiger partial charge in [0.2, 0.25) is 0 Å². The van der Waals surface area contributed by atoms with E-state index < -0.39 is 6.09 Å². The summed E-state index contributed by atoms with van der Waals surface area (Å²) in [7, 11) is 1.34. The summed E-state index contributed by atoms with van der Waals surface area (Å²) in [5, 5.41) is 5.99. The Kier molecular flexibility index (Phi) is 4.55. The molecule has 20 heavy (non-hydrogen) atoms. The molecule has 2 rings (SSSR count). The second kappa shape index (κ2) is 6.56. The van der Waals surface area contributed by atoms with Crippen LogP contribution in [0.25, 0.3) is 0 Å². The smallest absolute Gasteiger partial charge is 0.411 e. The van der Waals surface area contributed by atoms with Crippen LogP contribution in [0.4, 0.5) is 16.2 Å². The molecular weight excluding hydrogens is 254 g/mol. The van der Waals surface area contributed by atoms with Crippen LogP contribution in [-0.4, -0.2) is 18.2 Å². The van der Waals surface area contributed by atoms with Crippen molar-refractivity contribution in [3.63, 3.8) is 0 Å². The Hall–Kier alpha value is -2.56. The van der Waals surface area contributed by atoms with E-state index in [1.807, 2.05) is 36.5 Å². The third-order valence-corrected chi connectivity index (χ3v) is 2.86. The summed E-state index contributed by atoms with van der Waals surface area (Å²) in [4.78, 5) is 15.3. The summed E-state index contributed by atoms with van der Waals surface area (Å²) in [6.07, 6.45) is 3.09. The molecule has 0 saturated heterocycles. The predicted molar refractivity (Wildman–Crippen MR) is 78.7 cm³/mol. The van der Waals surface area contributed by atoms with Gasteiger partial charge in [-0.2, -0.15) is 0 Å². The molecule has 5 heteroatoms. The molecule has 2 aromatic rings. The number of benzene rings is 1. The molecule has 2 N–H and O–H groups in total. The fourth-order valence-corrected chi connectivity index (χ4v) is 1.82. The SMILES string of the molecule is COC(=O)Nc1cccc(NC(C)c2cccnc2)c1. The van der Waals surface area contributed by atoms with Gasteiger partial charge in [-0.15, -0.1) is 0 Å². The van der Waals surface area contributed by atoms with Crippen LogP contribution in [0.15, 0.2) is 48.8 Å². The van der Waals surface area contributed by atoms with Gasteiger partial charge in [-0.05, 0) is 36.8 Å². The Bertz CT molecular complexity index is 572. The zero-order valence-electron chi connectivity index (χ0n) is 11.5. The van der Waals surface area contributed by atoms with Gasteiger partial charge in [-0.25, -0.2) is 4.79 Å². The van der Waals surface area contributed by atoms with Crippen LogP contribution in [0.3, 0.4) is 0 Å². The Balaban J connectivity index is 2.06. The summed E-state index contributed by atoms with van der Waals surface area (Å²) in [5.74, 6) is 0. The van der Waals surface area contributed by atoms with Gasteiger partial charge in [0, 0.05) is 23.8 Å². The lowest BCUT2D eigenvalue weighted by Gasteiger charge is -2.16. The molecule has 1 atom stereocenters. The molecule has 0 spiro atoms. The molecular formula is C15H17N3O2. The topological polar surface area (TPSA) is 63.2 Å². The van der Waals surface area contributed by atoms with Crippen LogP contribution < -0.4 is 10.6 Å². The predicted octanol–water partition coefficient (Wildman–Crippen LogP) is 3.43. The van der Waals surface area contributed by atoms with Crippen molar-refractivity contribution in [1.29, 1.82) is 0 Å². The Morgan fingerprint density at radius 1 is 1.25 bits per heavy atom. The van der Waals surface area contributed by atoms with E-state index in [2.05, 4.69) is 27.3 Å². The molecule has 0 aliphatic rings. The lowest BCUT2D eigenvalue weighted by Crippen LogP contribution is -2.11. The maximum absolute atomic E-state index is 11.2. The second-order valence-electron chi connectivity index (χ2n) is 4.35. The number of anilines is 2. The Morgan fingerprint density at radius 3 is 2.75 bits per heavy atom. The van der Waals surface area contributed by atoms with Crippen molar-refractivity contribution in [2.75, 3.05) is 17.7 Å². The quantitative estimate of drug-likeness (QED) is 0.894. The van der Waals surface area contributed by atoms with Crippen LogP contribution in [0.2, 0.25) is 0 Å². The number of carbonyl (C=O) groups is 1. The first kappa shape index (κ1) is 13.9. The molecule has 1 heterocycles. The molecule has 1 unspecified atom stereocenters. The zero-order valence-corrected chi connectivity index (χ0v) is 11.5. The fraction of sp³-hybridized carbons (Fsp3) is 0.200. The largest absolute Gasteiger partial charge is 0.453 e. The van der Waals surface area contributed by atoms with Gasteiger partial charge in [0.1, 0.15) is 0 Å². The van der Waals surface area contributed by atoms with Crippen molar-refractivity contribution >= 4 is 17.5 Å². The summed E-state index contributed by atoms with van der Waals surface area (Å²) < 4.78 is 4.57. The monoisotopic (exact) mass is 271 g/mol. The molecule has 0 bridgehead atoms. The first-order valence-corrected chi connectivity index (χ1v) is 6.30. The number of rotatable bonds is 4. The lowest BCUT2D eigenvalue weighted by atomic mass is 10.1. The summed E-state index contributed by atoms with van der Waals surface area (Å²) >= 11 is 0. The number of hydrogen-bond acceptors (Lipinski definition) is 4. The van der Waals surface area contributed by atoms with Gasteiger partial charge in [-0.1, -0.05) is 12.1 Å². The molecule has 0 aliphatic heterocycles. The van der Waals surface area contributed by atoms with Gasteiger partial charge in [0.25, 0.3) is 0 Å². The average molecular weight is 271 g/mol. The van der Waals surface area contributed by atoms with E-state index in [-0.39, 0.29) is 6.04 Å². The second-order valence-corrected chi connectivity index (χ2v) is 4.35. The van der Waals surface area contributed by atoms with Crippen molar-refractivity contribution in [1.82, 2.24) is 4.98 Å². The van der Waals surface area contributed by atoms with Crippen LogP contribution >= 0.6 is 0 Å². The molecule has 5 nitrogen and oxygen atoms in total. The zero-order chi connectivity index (χ0) is 14.4. The molecule has 1 aromatic heterocycles. The lowest BCUT2D eigenvalue weighted by molar-refractivity contribution is 0.187. The first-order valence-electron chi connectivity index (χ1n) is 6.30. The van der Waals surface area contributed by atoms with Gasteiger partial charge in [0.15, 0.2) is 0 Å². The number of hydrogen-bond donors (Lipinski definition) is 2. The van der Waals surface area contributed by atoms with Gasteiger partial charge in [-0.3, -0.25) is 10.3 Å². The molecule has 1 amide bonds. The van der Waals surface area contributed by atoms with Crippen molar-refractivity contribution < 1.29 is 9.53 Å². The highest BCUT2D eigenvalue weighted by atomic mass is 16.5. The maximum Gasteiger partial charge on any atom is 0.411 e. The Labute approximate surface area is 118 Å². The third kappa shape index (κ3) is 3.71. The van der Waals surface area contributed by atoms with E-state index in [0.29, 0.717) is 5.69 Å². The number of nitrogens with zero attached hydrogens (tertiary/aromatic N) is 1. The van der Waals surface area contributed by atoms with Crippen LogP contribution in [-0.2, 0) is 4.74 Å². The highest BCUT2D eigenvalue weighted by Crippen LogP contribution is 2.21. The molecule has 104 valence electrons. The maximum atomic E-state index is 11.2. The standard InChI is InChI=1S/C15H17N3O2/c1-11(12-5-4-8-16-10-12)17-13-6-3-7-14(9-13)18-15(19)20-2/h3-11,17H,1-2H3,(H,18,19). The van der Waals surface area contributed by atoms with Gasteiger partial charge >= 0.3 is 6.09 Å². The number of pyridine rings is 1. The minimum absolute atomic E-state index is 0.122. The van der Waals surface area contributed by atoms with E-state index in [9.17, 15) is 4.79 Å². The molecule has 0 saturated carbocycles. The van der Waals surface area contributed by atoms with Crippen LogP contribution in [0.1, 0.15) is 18.5 Å². The summed E-state index contributed by atoms with van der Waals surface area (Å²) in [6, 6.07) is 11.5. The number of amides is 1. The number of ether oxygens (including phenoxy) is 1. The number of methoxy groups -OCH3 is 1. The van der Waals surface area contributed by atoms with Crippen LogP contribution in [0, 0.1) is 0 Å². The summed E-state index contributed by atoms with van der Waals surface area (Å²) in [5.41, 5.74) is 2.69. The Morgan fingerprint density at radius 2 is 2.05 bits per heavy atom. The summed E-state index contributed by atoms with van der Waals surface area (Å²) in [6.45, 7) is 2.05. The first-order chi connectivity index (χ1) is 9.69. The van der Waals surface area contributed by atoms with E-state index in [1.165, 1.54) is 7.11 Å². The number of carbonyl (C=O) groups excluding carboxylic acids is 1. The minimum Gasteiger partial charge on any atom is -0.453 e. The normalized spacial score (nSPS) is 11.5. The van der Waals surface area contributed by atoms with E-state index >= 15 is 0 Å². The number of aromatic nitrogens is 1. The number of nitrogens with one attached hydrogen (secondary N) is 2. The van der Waals surface area contributed by atoms with Crippen molar-refractivity contribution in [2.24, 2.45) is 0 Å². The van der Waals surface area contributed by atoms with Crippen molar-refractivity contribution in [2.45, 2.75) is 13.0 Å². The molecule has 0 fully saturated rings. The average Bonchev–Trinajstić information content (AvgIpc) is 2.48. The fourth-order valence-electron chi connectivity index (χ4n) is 1.82. The highest BCUT2D eigenvalue weighted by molar-refractivity contribution is 5.85. The van der Waals surface area contributed by atoms with E-state index in [0.717, 1.165) is 11.3 Å².